The van der Waals surface area contributed by atoms with Crippen molar-refractivity contribution in [1.82, 2.24) is 10.2 Å². The van der Waals surface area contributed by atoms with E-state index in [1.54, 1.807) is 0 Å². The van der Waals surface area contributed by atoms with Gasteiger partial charge < -0.3 is 24.1 Å². The molecule has 0 radical (unpaired) electrons. The lowest BCUT2D eigenvalue weighted by Gasteiger charge is -2.35. The normalized spacial score (nSPS) is 22.5. The summed E-state index contributed by atoms with van der Waals surface area (Å²) in [5, 5.41) is 10.9. The third-order valence-electron chi connectivity index (χ3n) is 5.36. The van der Waals surface area contributed by atoms with Gasteiger partial charge in [-0.15, -0.1) is 0 Å². The Bertz CT molecular complexity index is 877. The van der Waals surface area contributed by atoms with E-state index in [0.717, 1.165) is 0 Å². The van der Waals surface area contributed by atoms with Gasteiger partial charge in [0.2, 0.25) is 5.91 Å². The minimum Gasteiger partial charge on any atom is -0.481 e. The van der Waals surface area contributed by atoms with Gasteiger partial charge in [-0.05, 0) is 13.8 Å². The molecule has 0 spiro atoms. The highest BCUT2D eigenvalue weighted by Gasteiger charge is 2.47. The minimum absolute atomic E-state index is 0.00275. The van der Waals surface area contributed by atoms with E-state index in [4.69, 9.17) is 14.6 Å². The lowest BCUT2D eigenvalue weighted by Crippen LogP contribution is -2.50. The van der Waals surface area contributed by atoms with E-state index in [-0.39, 0.29) is 60.1 Å². The number of ether oxygens (including phenoxy) is 4. The highest BCUT2D eigenvalue weighted by molar-refractivity contribution is 5.98. The van der Waals surface area contributed by atoms with Gasteiger partial charge in [0.25, 0.3) is 0 Å². The summed E-state index contributed by atoms with van der Waals surface area (Å²) in [6.45, 7) is 15.0. The number of carbonyl (C=O) groups excluding carboxylic acids is 5. The fourth-order valence-corrected chi connectivity index (χ4v) is 3.56. The zero-order chi connectivity index (χ0) is 30.7. The number of carbonyl (C=O) groups is 6. The molecule has 2 rings (SSSR count). The molecule has 0 unspecified atom stereocenters. The van der Waals surface area contributed by atoms with E-state index in [1.165, 1.54) is 33.0 Å². The monoisotopic (exact) mass is 560 g/mol. The maximum absolute atomic E-state index is 12.2. The maximum atomic E-state index is 12.2. The van der Waals surface area contributed by atoms with E-state index in [0.29, 0.717) is 6.61 Å². The van der Waals surface area contributed by atoms with E-state index in [1.807, 2.05) is 20.8 Å². The van der Waals surface area contributed by atoms with Crippen LogP contribution in [0.3, 0.4) is 0 Å². The summed E-state index contributed by atoms with van der Waals surface area (Å²) in [5.74, 6) is -2.80. The highest BCUT2D eigenvalue weighted by Crippen LogP contribution is 2.32. The maximum Gasteiger partial charge on any atom is 0.331 e. The Morgan fingerprint density at radius 3 is 1.67 bits per heavy atom. The second-order valence-corrected chi connectivity index (χ2v) is 11.4. The molecule has 2 aliphatic rings. The summed E-state index contributed by atoms with van der Waals surface area (Å²) in [5.41, 5.74) is -0.349. The van der Waals surface area contributed by atoms with Crippen molar-refractivity contribution in [3.63, 3.8) is 0 Å². The molecule has 0 bridgehead atoms. The van der Waals surface area contributed by atoms with Crippen molar-refractivity contribution in [3.8, 4) is 0 Å². The standard InChI is InChI=1S/C13H21NO5.C9H17NO3.C4H6O3/c1-8(15)6-10(16)14-9(11(17)18-5)7-19-12(14)13(2,3)4;1-9(2,3)8-10-6(5-13-8)7(11)12-4;1-3(5)2-4(6)7/h9,12H,6-7H2,1-5H3;6,8,10H,5H2,1-4H3;2H2,1H3,(H,6,7)/t9-,12+;6-,8+;/m00./s1. The van der Waals surface area contributed by atoms with Crippen LogP contribution in [0.5, 0.6) is 0 Å². The Kier molecular flexibility index (Phi) is 14.5. The number of nitrogens with one attached hydrogen (secondary N) is 1. The first-order valence-corrected chi connectivity index (χ1v) is 12.4. The average molecular weight is 561 g/mol. The largest absolute Gasteiger partial charge is 0.481 e. The average Bonchev–Trinajstić information content (AvgIpc) is 3.45. The van der Waals surface area contributed by atoms with Gasteiger partial charge in [0.1, 0.15) is 36.5 Å². The van der Waals surface area contributed by atoms with Gasteiger partial charge in [0, 0.05) is 10.8 Å². The lowest BCUT2D eigenvalue weighted by molar-refractivity contribution is -0.156. The van der Waals surface area contributed by atoms with Crippen molar-refractivity contribution in [2.24, 2.45) is 10.8 Å². The topological polar surface area (TPSA) is 175 Å². The van der Waals surface area contributed by atoms with Gasteiger partial charge in [-0.1, -0.05) is 41.5 Å². The number of nitrogens with zero attached hydrogens (tertiary/aromatic N) is 1. The number of esters is 2. The Balaban J connectivity index is 0.000000622. The Hall–Kier alpha value is -2.90. The van der Waals surface area contributed by atoms with Gasteiger partial charge in [0.05, 0.1) is 33.9 Å². The van der Waals surface area contributed by atoms with Crippen molar-refractivity contribution < 1.29 is 52.8 Å². The smallest absolute Gasteiger partial charge is 0.331 e. The molecule has 39 heavy (non-hydrogen) atoms. The van der Waals surface area contributed by atoms with E-state index >= 15 is 0 Å². The van der Waals surface area contributed by atoms with Crippen molar-refractivity contribution in [2.75, 3.05) is 27.4 Å². The second-order valence-electron chi connectivity index (χ2n) is 11.4. The van der Waals surface area contributed by atoms with Crippen LogP contribution in [0.4, 0.5) is 0 Å². The number of rotatable bonds is 6. The molecule has 224 valence electrons. The van der Waals surface area contributed by atoms with Crippen molar-refractivity contribution in [2.45, 2.75) is 92.8 Å². The van der Waals surface area contributed by atoms with Gasteiger partial charge in [-0.25, -0.2) is 4.79 Å². The first-order valence-electron chi connectivity index (χ1n) is 12.4. The predicted molar refractivity (Wildman–Crippen MR) is 138 cm³/mol. The molecule has 13 heteroatoms. The molecule has 2 aliphatic heterocycles. The zero-order valence-corrected chi connectivity index (χ0v) is 24.6. The first kappa shape index (κ1) is 36.1. The molecule has 4 atom stereocenters. The molecular formula is C26H44N2O11. The molecule has 13 nitrogen and oxygen atoms in total. The van der Waals surface area contributed by atoms with E-state index < -0.39 is 30.1 Å². The van der Waals surface area contributed by atoms with E-state index in [2.05, 4.69) is 35.6 Å². The lowest BCUT2D eigenvalue weighted by atomic mass is 9.93. The number of hydrogen-bond donors (Lipinski definition) is 2. The zero-order valence-electron chi connectivity index (χ0n) is 24.6. The first-order chi connectivity index (χ1) is 17.8. The summed E-state index contributed by atoms with van der Waals surface area (Å²) in [6, 6.07) is -1.09. The van der Waals surface area contributed by atoms with Crippen LogP contribution in [-0.4, -0.2) is 97.4 Å². The fraction of sp³-hybridized carbons (Fsp3) is 0.769. The number of Topliss-reactive ketones (excluding diaryl/α,β-unsaturated/α-hetero) is 2. The van der Waals surface area contributed by atoms with Crippen LogP contribution in [0, 0.1) is 10.8 Å². The number of aliphatic carboxylic acids is 1. The molecule has 0 aliphatic carbocycles. The molecule has 2 fully saturated rings. The van der Waals surface area contributed by atoms with Gasteiger partial charge in [0.15, 0.2) is 6.04 Å². The Morgan fingerprint density at radius 1 is 0.821 bits per heavy atom. The van der Waals surface area contributed by atoms with Gasteiger partial charge in [-0.2, -0.15) is 0 Å². The van der Waals surface area contributed by atoms with Crippen LogP contribution in [0.15, 0.2) is 0 Å². The SMILES string of the molecule is CC(=O)CC(=O)O.COC(=O)[C@@H]1CO[C@H](C(C)(C)C)N1.COC(=O)[C@@H]1CO[C@H](C(C)(C)C)N1C(=O)CC(C)=O. The van der Waals surface area contributed by atoms with Crippen LogP contribution >= 0.6 is 0 Å². The minimum atomic E-state index is -1.06. The van der Waals surface area contributed by atoms with Crippen LogP contribution in [0.2, 0.25) is 0 Å². The van der Waals surface area contributed by atoms with Crippen LogP contribution < -0.4 is 5.32 Å². The van der Waals surface area contributed by atoms with Crippen LogP contribution in [0.1, 0.15) is 68.2 Å². The summed E-state index contributed by atoms with van der Waals surface area (Å²) >= 11 is 0. The number of amides is 1. The molecule has 1 amide bonds. The number of ketones is 2. The van der Waals surface area contributed by atoms with Crippen molar-refractivity contribution in [1.29, 1.82) is 0 Å². The summed E-state index contributed by atoms with van der Waals surface area (Å²) in [4.78, 5) is 66.9. The van der Waals surface area contributed by atoms with Crippen LogP contribution in [0.25, 0.3) is 0 Å². The summed E-state index contributed by atoms with van der Waals surface area (Å²) < 4.78 is 20.3. The molecule has 0 saturated carbocycles. The number of hydrogen-bond acceptors (Lipinski definition) is 11. The second kappa shape index (κ2) is 15.6. The van der Waals surface area contributed by atoms with E-state index in [9.17, 15) is 28.8 Å². The number of carboxylic acids is 1. The Morgan fingerprint density at radius 2 is 1.33 bits per heavy atom. The molecule has 0 aromatic carbocycles. The highest BCUT2D eigenvalue weighted by atomic mass is 16.6. The fourth-order valence-electron chi connectivity index (χ4n) is 3.56. The summed E-state index contributed by atoms with van der Waals surface area (Å²) in [6.07, 6.45) is -1.20. The molecule has 0 aromatic heterocycles. The quantitative estimate of drug-likeness (QED) is 0.352. The summed E-state index contributed by atoms with van der Waals surface area (Å²) in [7, 11) is 2.65. The number of methoxy groups -OCH3 is 2. The predicted octanol–water partition coefficient (Wildman–Crippen LogP) is 1.31. The number of carboxylic acid groups (broad SMARTS) is 1. The molecule has 2 saturated heterocycles. The van der Waals surface area contributed by atoms with Crippen molar-refractivity contribution in [3.05, 3.63) is 0 Å². The van der Waals surface area contributed by atoms with Gasteiger partial charge in [-0.3, -0.25) is 34.2 Å². The molecule has 0 aromatic rings. The third kappa shape index (κ3) is 12.7. The Labute approximate surface area is 229 Å². The van der Waals surface area contributed by atoms with Crippen molar-refractivity contribution >= 4 is 35.4 Å². The van der Waals surface area contributed by atoms with Crippen LogP contribution in [-0.2, 0) is 47.7 Å². The third-order valence-corrected chi connectivity index (χ3v) is 5.36. The molecule has 2 N–H and O–H groups in total. The van der Waals surface area contributed by atoms with Gasteiger partial charge >= 0.3 is 17.9 Å². The molecule has 2 heterocycles. The molecular weight excluding hydrogens is 516 g/mol.